The van der Waals surface area contributed by atoms with Crippen molar-refractivity contribution < 1.29 is 0 Å². The van der Waals surface area contributed by atoms with Crippen LogP contribution < -0.4 is 5.32 Å². The predicted molar refractivity (Wildman–Crippen MR) is 61.5 cm³/mol. The number of aromatic nitrogens is 2. The number of hydrogen-bond donors (Lipinski definition) is 1. The van der Waals surface area contributed by atoms with Crippen molar-refractivity contribution in [1.29, 1.82) is 0 Å². The first-order valence-corrected chi connectivity index (χ1v) is 5.99. The topological polar surface area (TPSA) is 29.9 Å². The highest BCUT2D eigenvalue weighted by Crippen LogP contribution is 2.27. The normalized spacial score (nSPS) is 26.0. The maximum Gasteiger partial charge on any atom is 0.0534 e. The van der Waals surface area contributed by atoms with Crippen LogP contribution >= 0.6 is 0 Å². The Bertz CT molecular complexity index is 306. The molecule has 3 heteroatoms. The molecule has 0 spiro atoms. The number of hydrogen-bond acceptors (Lipinski definition) is 2. The molecule has 0 saturated heterocycles. The van der Waals surface area contributed by atoms with Gasteiger partial charge in [-0.2, -0.15) is 5.10 Å². The van der Waals surface area contributed by atoms with Gasteiger partial charge in [0.15, 0.2) is 0 Å². The minimum absolute atomic E-state index is 0.732. The van der Waals surface area contributed by atoms with E-state index < -0.39 is 0 Å². The van der Waals surface area contributed by atoms with Gasteiger partial charge in [-0.3, -0.25) is 4.68 Å². The Morgan fingerprint density at radius 1 is 1.53 bits per heavy atom. The molecule has 0 aliphatic heterocycles. The summed E-state index contributed by atoms with van der Waals surface area (Å²) in [6.07, 6.45) is 9.47. The van der Waals surface area contributed by atoms with Crippen molar-refractivity contribution >= 4 is 0 Å². The maximum atomic E-state index is 4.17. The van der Waals surface area contributed by atoms with E-state index in [1.54, 1.807) is 0 Å². The molecule has 15 heavy (non-hydrogen) atoms. The van der Waals surface area contributed by atoms with Crippen LogP contribution in [0.1, 0.15) is 38.2 Å². The van der Waals surface area contributed by atoms with E-state index in [-0.39, 0.29) is 0 Å². The van der Waals surface area contributed by atoms with Gasteiger partial charge in [-0.15, -0.1) is 0 Å². The lowest BCUT2D eigenvalue weighted by Gasteiger charge is -2.11. The summed E-state index contributed by atoms with van der Waals surface area (Å²) in [5.41, 5.74) is 1.29. The molecule has 1 N–H and O–H groups in total. The van der Waals surface area contributed by atoms with Crippen LogP contribution in [0.4, 0.5) is 0 Å². The zero-order valence-corrected chi connectivity index (χ0v) is 9.74. The molecule has 1 aromatic rings. The highest BCUT2D eigenvalue weighted by Gasteiger charge is 2.22. The first kappa shape index (κ1) is 10.7. The molecule has 1 aliphatic rings. The summed E-state index contributed by atoms with van der Waals surface area (Å²) in [7, 11) is 1.96. The summed E-state index contributed by atoms with van der Waals surface area (Å²) >= 11 is 0. The third-order valence-electron chi connectivity index (χ3n) is 3.47. The molecule has 1 heterocycles. The van der Waals surface area contributed by atoms with E-state index in [1.807, 2.05) is 17.9 Å². The maximum absolute atomic E-state index is 4.17. The van der Waals surface area contributed by atoms with Crippen molar-refractivity contribution in [3.05, 3.63) is 18.0 Å². The molecule has 84 valence electrons. The van der Waals surface area contributed by atoms with Gasteiger partial charge in [0.05, 0.1) is 6.20 Å². The lowest BCUT2D eigenvalue weighted by atomic mass is 10.1. The quantitative estimate of drug-likeness (QED) is 0.819. The van der Waals surface area contributed by atoms with Gasteiger partial charge < -0.3 is 5.32 Å². The molecule has 3 nitrogen and oxygen atoms in total. The van der Waals surface area contributed by atoms with Crippen molar-refractivity contribution in [3.8, 4) is 0 Å². The average molecular weight is 207 g/mol. The highest BCUT2D eigenvalue weighted by molar-refractivity contribution is 5.03. The SMILES string of the molecule is CCC1CCC(NCc2cnn(C)c2)C1. The molecular formula is C12H21N3. The molecule has 1 aromatic heterocycles. The van der Waals surface area contributed by atoms with Crippen molar-refractivity contribution in [2.45, 2.75) is 45.2 Å². The zero-order chi connectivity index (χ0) is 10.7. The third-order valence-corrected chi connectivity index (χ3v) is 3.47. The van der Waals surface area contributed by atoms with Crippen LogP contribution in [0.25, 0.3) is 0 Å². The van der Waals surface area contributed by atoms with Crippen LogP contribution in [0.3, 0.4) is 0 Å². The average Bonchev–Trinajstić information content (AvgIpc) is 2.83. The number of nitrogens with one attached hydrogen (secondary N) is 1. The van der Waals surface area contributed by atoms with Gasteiger partial charge >= 0.3 is 0 Å². The fraction of sp³-hybridized carbons (Fsp3) is 0.750. The Morgan fingerprint density at radius 2 is 2.40 bits per heavy atom. The number of nitrogens with zero attached hydrogens (tertiary/aromatic N) is 2. The van der Waals surface area contributed by atoms with Crippen LogP contribution in [0.15, 0.2) is 12.4 Å². The Balaban J connectivity index is 1.75. The summed E-state index contributed by atoms with van der Waals surface area (Å²) in [4.78, 5) is 0. The second kappa shape index (κ2) is 4.79. The van der Waals surface area contributed by atoms with E-state index in [9.17, 15) is 0 Å². The van der Waals surface area contributed by atoms with Crippen LogP contribution in [0.2, 0.25) is 0 Å². The van der Waals surface area contributed by atoms with Gasteiger partial charge in [0.25, 0.3) is 0 Å². The summed E-state index contributed by atoms with van der Waals surface area (Å²) in [6, 6.07) is 0.732. The molecule has 0 radical (unpaired) electrons. The summed E-state index contributed by atoms with van der Waals surface area (Å²) < 4.78 is 1.86. The van der Waals surface area contributed by atoms with Crippen LogP contribution in [0.5, 0.6) is 0 Å². The molecule has 0 aromatic carbocycles. The minimum Gasteiger partial charge on any atom is -0.310 e. The van der Waals surface area contributed by atoms with Gasteiger partial charge in [-0.25, -0.2) is 0 Å². The van der Waals surface area contributed by atoms with Gasteiger partial charge in [0, 0.05) is 31.4 Å². The van der Waals surface area contributed by atoms with E-state index in [1.165, 1.54) is 31.2 Å². The lowest BCUT2D eigenvalue weighted by molar-refractivity contribution is 0.476. The highest BCUT2D eigenvalue weighted by atomic mass is 15.2. The zero-order valence-electron chi connectivity index (χ0n) is 9.74. The Kier molecular flexibility index (Phi) is 3.41. The first-order chi connectivity index (χ1) is 7.28. The lowest BCUT2D eigenvalue weighted by Crippen LogP contribution is -2.25. The fourth-order valence-corrected chi connectivity index (χ4v) is 2.46. The second-order valence-electron chi connectivity index (χ2n) is 4.69. The monoisotopic (exact) mass is 207 g/mol. The van der Waals surface area contributed by atoms with E-state index in [0.717, 1.165) is 18.5 Å². The van der Waals surface area contributed by atoms with E-state index in [0.29, 0.717) is 0 Å². The van der Waals surface area contributed by atoms with Crippen LogP contribution in [-0.2, 0) is 13.6 Å². The summed E-state index contributed by atoms with van der Waals surface area (Å²) in [5.74, 6) is 0.955. The van der Waals surface area contributed by atoms with Crippen molar-refractivity contribution in [1.82, 2.24) is 15.1 Å². The van der Waals surface area contributed by atoms with E-state index in [4.69, 9.17) is 0 Å². The Morgan fingerprint density at radius 3 is 3.00 bits per heavy atom. The molecule has 2 atom stereocenters. The van der Waals surface area contributed by atoms with Gasteiger partial charge in [0.2, 0.25) is 0 Å². The number of rotatable bonds is 4. The molecule has 1 saturated carbocycles. The molecule has 0 bridgehead atoms. The van der Waals surface area contributed by atoms with Gasteiger partial charge in [-0.05, 0) is 25.2 Å². The predicted octanol–water partition coefficient (Wildman–Crippen LogP) is 2.09. The smallest absolute Gasteiger partial charge is 0.0534 e. The Labute approximate surface area is 91.9 Å². The van der Waals surface area contributed by atoms with E-state index in [2.05, 4.69) is 23.5 Å². The van der Waals surface area contributed by atoms with Gasteiger partial charge in [-0.1, -0.05) is 13.3 Å². The Hall–Kier alpha value is -0.830. The summed E-state index contributed by atoms with van der Waals surface area (Å²) in [5, 5.41) is 7.79. The second-order valence-corrected chi connectivity index (χ2v) is 4.69. The van der Waals surface area contributed by atoms with Crippen LogP contribution in [0, 0.1) is 5.92 Å². The standard InChI is InChI=1S/C12H21N3/c1-3-10-4-5-12(6-10)13-7-11-8-14-15(2)9-11/h8-10,12-13H,3-7H2,1-2H3. The fourth-order valence-electron chi connectivity index (χ4n) is 2.46. The van der Waals surface area contributed by atoms with E-state index >= 15 is 0 Å². The largest absolute Gasteiger partial charge is 0.310 e. The first-order valence-electron chi connectivity index (χ1n) is 5.99. The van der Waals surface area contributed by atoms with Crippen molar-refractivity contribution in [2.24, 2.45) is 13.0 Å². The van der Waals surface area contributed by atoms with Crippen molar-refractivity contribution in [3.63, 3.8) is 0 Å². The third kappa shape index (κ3) is 2.81. The molecule has 1 fully saturated rings. The van der Waals surface area contributed by atoms with Gasteiger partial charge in [0.1, 0.15) is 0 Å². The van der Waals surface area contributed by atoms with Crippen LogP contribution in [-0.4, -0.2) is 15.8 Å². The summed E-state index contributed by atoms with van der Waals surface area (Å²) in [6.45, 7) is 3.27. The minimum atomic E-state index is 0.732. The molecule has 2 unspecified atom stereocenters. The molecule has 2 rings (SSSR count). The molecular weight excluding hydrogens is 186 g/mol. The van der Waals surface area contributed by atoms with Crippen molar-refractivity contribution in [2.75, 3.05) is 0 Å². The molecule has 1 aliphatic carbocycles. The molecule has 0 amide bonds. The number of aryl methyl sites for hydroxylation is 1.